The van der Waals surface area contributed by atoms with Crippen LogP contribution < -0.4 is 5.32 Å². The summed E-state index contributed by atoms with van der Waals surface area (Å²) in [5.74, 6) is 1.03. The van der Waals surface area contributed by atoms with E-state index >= 15 is 0 Å². The van der Waals surface area contributed by atoms with Crippen LogP contribution in [0.2, 0.25) is 0 Å². The maximum Gasteiger partial charge on any atom is 0.126 e. The van der Waals surface area contributed by atoms with Gasteiger partial charge in [0.25, 0.3) is 0 Å². The molecule has 1 N–H and O–H groups in total. The summed E-state index contributed by atoms with van der Waals surface area (Å²) in [6.07, 6.45) is 3.63. The molecule has 1 aromatic rings. The van der Waals surface area contributed by atoms with Crippen molar-refractivity contribution in [2.45, 2.75) is 40.0 Å². The fraction of sp³-hybridized carbons (Fsp3) is 0.615. The minimum absolute atomic E-state index is 0.306. The third kappa shape index (κ3) is 2.71. The Kier molecular flexibility index (Phi) is 2.68. The van der Waals surface area contributed by atoms with Crippen LogP contribution >= 0.6 is 0 Å². The van der Waals surface area contributed by atoms with Gasteiger partial charge < -0.3 is 5.32 Å². The fourth-order valence-corrected chi connectivity index (χ4v) is 1.87. The number of rotatable bonds is 2. The number of hydrogen-bond acceptors (Lipinski definition) is 2. The van der Waals surface area contributed by atoms with Crippen molar-refractivity contribution in [3.8, 4) is 0 Å². The van der Waals surface area contributed by atoms with E-state index in [0.29, 0.717) is 5.41 Å². The molecule has 1 heterocycles. The molecule has 1 aliphatic carbocycles. The van der Waals surface area contributed by atoms with E-state index in [1.165, 1.54) is 24.1 Å². The molecule has 0 amide bonds. The van der Waals surface area contributed by atoms with Gasteiger partial charge in [-0.05, 0) is 36.3 Å². The summed E-state index contributed by atoms with van der Waals surface area (Å²) in [7, 11) is 0. The fourth-order valence-electron chi connectivity index (χ4n) is 1.87. The third-order valence-electron chi connectivity index (χ3n) is 2.73. The maximum atomic E-state index is 4.65. The van der Waals surface area contributed by atoms with E-state index in [1.54, 1.807) is 0 Å². The molecule has 82 valence electrons. The lowest BCUT2D eigenvalue weighted by molar-refractivity contribution is 0.442. The van der Waals surface area contributed by atoms with Crippen molar-refractivity contribution in [2.24, 2.45) is 5.41 Å². The van der Waals surface area contributed by atoms with Crippen LogP contribution in [0.3, 0.4) is 0 Å². The van der Waals surface area contributed by atoms with E-state index in [2.05, 4.69) is 43.2 Å². The average molecular weight is 204 g/mol. The predicted molar refractivity (Wildman–Crippen MR) is 64.2 cm³/mol. The standard InChI is InChI=1S/C13H20N2/c1-13(2,3)9-14-12-8-7-10-5-4-6-11(10)15-12/h7-8H,4-6,9H2,1-3H3,(H,14,15). The van der Waals surface area contributed by atoms with Crippen molar-refractivity contribution in [1.29, 1.82) is 0 Å². The van der Waals surface area contributed by atoms with E-state index in [9.17, 15) is 0 Å². The van der Waals surface area contributed by atoms with Crippen LogP contribution in [-0.4, -0.2) is 11.5 Å². The Bertz CT molecular complexity index is 350. The number of aryl methyl sites for hydroxylation is 2. The van der Waals surface area contributed by atoms with Gasteiger partial charge in [-0.25, -0.2) is 4.98 Å². The Morgan fingerprint density at radius 2 is 2.07 bits per heavy atom. The maximum absolute atomic E-state index is 4.65. The first-order chi connectivity index (χ1) is 7.04. The predicted octanol–water partition coefficient (Wildman–Crippen LogP) is 3.03. The molecule has 2 heteroatoms. The summed E-state index contributed by atoms with van der Waals surface area (Å²) in [5, 5.41) is 3.40. The Morgan fingerprint density at radius 3 is 2.80 bits per heavy atom. The van der Waals surface area contributed by atoms with E-state index in [1.807, 2.05) is 0 Å². The minimum atomic E-state index is 0.306. The SMILES string of the molecule is CC(C)(C)CNc1ccc2c(n1)CCC2. The van der Waals surface area contributed by atoms with Gasteiger partial charge in [0, 0.05) is 12.2 Å². The summed E-state index contributed by atoms with van der Waals surface area (Å²) in [4.78, 5) is 4.65. The Hall–Kier alpha value is -1.05. The minimum Gasteiger partial charge on any atom is -0.370 e. The summed E-state index contributed by atoms with van der Waals surface area (Å²) in [6.45, 7) is 7.66. The van der Waals surface area contributed by atoms with Gasteiger partial charge in [-0.3, -0.25) is 0 Å². The molecule has 15 heavy (non-hydrogen) atoms. The van der Waals surface area contributed by atoms with Crippen LogP contribution in [0, 0.1) is 5.41 Å². The second-order valence-electron chi connectivity index (χ2n) is 5.57. The number of hydrogen-bond donors (Lipinski definition) is 1. The molecule has 0 fully saturated rings. The van der Waals surface area contributed by atoms with Crippen LogP contribution in [0.25, 0.3) is 0 Å². The molecule has 2 nitrogen and oxygen atoms in total. The van der Waals surface area contributed by atoms with Crippen molar-refractivity contribution in [1.82, 2.24) is 4.98 Å². The van der Waals surface area contributed by atoms with Gasteiger partial charge in [0.2, 0.25) is 0 Å². The van der Waals surface area contributed by atoms with Gasteiger partial charge in [-0.1, -0.05) is 26.8 Å². The van der Waals surface area contributed by atoms with Crippen LogP contribution in [0.4, 0.5) is 5.82 Å². The highest BCUT2D eigenvalue weighted by Gasteiger charge is 2.14. The van der Waals surface area contributed by atoms with Gasteiger partial charge in [-0.2, -0.15) is 0 Å². The van der Waals surface area contributed by atoms with Crippen LogP contribution in [0.15, 0.2) is 12.1 Å². The van der Waals surface area contributed by atoms with Crippen molar-refractivity contribution in [3.63, 3.8) is 0 Å². The molecule has 0 saturated heterocycles. The van der Waals surface area contributed by atoms with Crippen LogP contribution in [-0.2, 0) is 12.8 Å². The first-order valence-corrected chi connectivity index (χ1v) is 5.77. The monoisotopic (exact) mass is 204 g/mol. The second kappa shape index (κ2) is 3.84. The largest absolute Gasteiger partial charge is 0.370 e. The first-order valence-electron chi connectivity index (χ1n) is 5.77. The zero-order valence-corrected chi connectivity index (χ0v) is 9.93. The van der Waals surface area contributed by atoms with Crippen molar-refractivity contribution in [3.05, 3.63) is 23.4 Å². The van der Waals surface area contributed by atoms with E-state index in [-0.39, 0.29) is 0 Å². The molecule has 0 bridgehead atoms. The lowest BCUT2D eigenvalue weighted by atomic mass is 9.97. The molecule has 0 saturated carbocycles. The zero-order chi connectivity index (χ0) is 10.9. The van der Waals surface area contributed by atoms with Crippen molar-refractivity contribution in [2.75, 3.05) is 11.9 Å². The van der Waals surface area contributed by atoms with Crippen molar-refractivity contribution < 1.29 is 0 Å². The summed E-state index contributed by atoms with van der Waals surface area (Å²) >= 11 is 0. The van der Waals surface area contributed by atoms with Gasteiger partial charge in [-0.15, -0.1) is 0 Å². The normalized spacial score (nSPS) is 15.1. The summed E-state index contributed by atoms with van der Waals surface area (Å²) in [6, 6.07) is 4.33. The molecule has 0 aromatic carbocycles. The quantitative estimate of drug-likeness (QED) is 0.801. The van der Waals surface area contributed by atoms with Crippen molar-refractivity contribution >= 4 is 5.82 Å². The smallest absolute Gasteiger partial charge is 0.126 e. The number of pyridine rings is 1. The molecule has 0 unspecified atom stereocenters. The van der Waals surface area contributed by atoms with Gasteiger partial charge in [0.15, 0.2) is 0 Å². The summed E-state index contributed by atoms with van der Waals surface area (Å²) in [5.41, 5.74) is 3.05. The van der Waals surface area contributed by atoms with Gasteiger partial charge in [0.1, 0.15) is 5.82 Å². The molecule has 0 atom stereocenters. The number of anilines is 1. The number of fused-ring (bicyclic) bond motifs is 1. The summed E-state index contributed by atoms with van der Waals surface area (Å²) < 4.78 is 0. The van der Waals surface area contributed by atoms with Gasteiger partial charge >= 0.3 is 0 Å². The molecule has 0 aliphatic heterocycles. The number of aromatic nitrogens is 1. The highest BCUT2D eigenvalue weighted by molar-refractivity contribution is 5.40. The van der Waals surface area contributed by atoms with E-state index in [0.717, 1.165) is 18.8 Å². The average Bonchev–Trinajstić information content (AvgIpc) is 2.60. The Labute approximate surface area is 92.1 Å². The topological polar surface area (TPSA) is 24.9 Å². The third-order valence-corrected chi connectivity index (χ3v) is 2.73. The molecule has 0 radical (unpaired) electrons. The van der Waals surface area contributed by atoms with E-state index in [4.69, 9.17) is 0 Å². The lowest BCUT2D eigenvalue weighted by Gasteiger charge is -2.19. The van der Waals surface area contributed by atoms with E-state index < -0.39 is 0 Å². The molecule has 0 spiro atoms. The Morgan fingerprint density at radius 1 is 1.27 bits per heavy atom. The number of nitrogens with one attached hydrogen (secondary N) is 1. The van der Waals surface area contributed by atoms with Gasteiger partial charge in [0.05, 0.1) is 0 Å². The molecular formula is C13H20N2. The highest BCUT2D eigenvalue weighted by atomic mass is 15.0. The number of nitrogens with zero attached hydrogens (tertiary/aromatic N) is 1. The second-order valence-corrected chi connectivity index (χ2v) is 5.57. The zero-order valence-electron chi connectivity index (χ0n) is 9.93. The molecular weight excluding hydrogens is 184 g/mol. The Balaban J connectivity index is 2.04. The lowest BCUT2D eigenvalue weighted by Crippen LogP contribution is -2.19. The first kappa shape index (κ1) is 10.5. The van der Waals surface area contributed by atoms with Crippen LogP contribution in [0.1, 0.15) is 38.4 Å². The molecule has 1 aromatic heterocycles. The molecule has 2 rings (SSSR count). The molecule has 1 aliphatic rings. The highest BCUT2D eigenvalue weighted by Crippen LogP contribution is 2.22. The van der Waals surface area contributed by atoms with Crippen LogP contribution in [0.5, 0.6) is 0 Å².